The van der Waals surface area contributed by atoms with E-state index in [9.17, 15) is 32.1 Å². The number of nitro groups is 1. The zero-order valence-electron chi connectivity index (χ0n) is 12.6. The molecule has 8 nitrogen and oxygen atoms in total. The zero-order chi connectivity index (χ0) is 18.8. The van der Waals surface area contributed by atoms with Crippen molar-refractivity contribution in [1.82, 2.24) is 0 Å². The fraction of sp³-hybridized carbons (Fsp3) is 0.0714. The van der Waals surface area contributed by atoms with Gasteiger partial charge in [0.25, 0.3) is 15.7 Å². The highest BCUT2D eigenvalue weighted by Crippen LogP contribution is 2.29. The predicted octanol–water partition coefficient (Wildman–Crippen LogP) is 2.63. The number of sulfonamides is 1. The number of nitrogens with zero attached hydrogens (tertiary/aromatic N) is 1. The molecule has 0 atom stereocenters. The number of nitrogens with one attached hydrogen (secondary N) is 2. The van der Waals surface area contributed by atoms with Crippen molar-refractivity contribution < 1.29 is 26.9 Å². The summed E-state index contributed by atoms with van der Waals surface area (Å²) in [4.78, 5) is 19.8. The monoisotopic (exact) mass is 371 g/mol. The fourth-order valence-electron chi connectivity index (χ4n) is 1.99. The van der Waals surface area contributed by atoms with Crippen molar-refractivity contribution in [3.8, 4) is 0 Å². The van der Waals surface area contributed by atoms with Crippen LogP contribution in [0, 0.1) is 21.7 Å². The van der Waals surface area contributed by atoms with E-state index in [0.717, 1.165) is 43.3 Å². The maximum Gasteiger partial charge on any atom is 0.292 e. The smallest absolute Gasteiger partial charge is 0.292 e. The van der Waals surface area contributed by atoms with Crippen molar-refractivity contribution >= 4 is 33.0 Å². The van der Waals surface area contributed by atoms with Gasteiger partial charge in [-0.15, -0.1) is 0 Å². The molecule has 2 N–H and O–H groups in total. The maximum absolute atomic E-state index is 13.9. The van der Waals surface area contributed by atoms with Gasteiger partial charge in [-0.05, 0) is 24.3 Å². The number of nitro benzene ring substituents is 1. The summed E-state index contributed by atoms with van der Waals surface area (Å²) in [5, 5.41) is 13.1. The van der Waals surface area contributed by atoms with Crippen molar-refractivity contribution in [2.24, 2.45) is 0 Å². The molecule has 11 heteroatoms. The summed E-state index contributed by atoms with van der Waals surface area (Å²) < 4.78 is 54.0. The molecular weight excluding hydrogens is 360 g/mol. The van der Waals surface area contributed by atoms with E-state index in [2.05, 4.69) is 5.32 Å². The minimum Gasteiger partial charge on any atom is -0.324 e. The van der Waals surface area contributed by atoms with Crippen LogP contribution >= 0.6 is 0 Å². The van der Waals surface area contributed by atoms with Gasteiger partial charge < -0.3 is 5.32 Å². The number of hydrogen-bond donors (Lipinski definition) is 2. The molecule has 2 aromatic rings. The first-order chi connectivity index (χ1) is 11.6. The Hall–Kier alpha value is -3.08. The Kier molecular flexibility index (Phi) is 4.97. The number of carbonyl (C=O) groups excluding carboxylic acids is 1. The summed E-state index contributed by atoms with van der Waals surface area (Å²) in [6.07, 6.45) is 0. The molecule has 1 amide bonds. The van der Waals surface area contributed by atoms with Gasteiger partial charge >= 0.3 is 0 Å². The molecule has 0 aliphatic heterocycles. The van der Waals surface area contributed by atoms with Crippen LogP contribution in [0.3, 0.4) is 0 Å². The Labute approximate surface area is 140 Å². The molecular formula is C14H11F2N3O5S. The van der Waals surface area contributed by atoms with Gasteiger partial charge in [-0.25, -0.2) is 17.2 Å². The molecule has 0 unspecified atom stereocenters. The molecule has 132 valence electrons. The fourth-order valence-corrected chi connectivity index (χ4v) is 3.27. The first-order valence-corrected chi connectivity index (χ1v) is 8.13. The first kappa shape index (κ1) is 18.3. The molecule has 25 heavy (non-hydrogen) atoms. The SMILES string of the molecule is CC(=O)Nc1cc(NS(=O)(=O)c2c(F)cccc2[N+](=O)[O-])ccc1F. The molecule has 0 saturated carbocycles. The van der Waals surface area contributed by atoms with Gasteiger partial charge in [-0.2, -0.15) is 0 Å². The third-order valence-electron chi connectivity index (χ3n) is 2.94. The van der Waals surface area contributed by atoms with Crippen LogP contribution in [0.2, 0.25) is 0 Å². The number of halogens is 2. The summed E-state index contributed by atoms with van der Waals surface area (Å²) in [5.74, 6) is -2.73. The van der Waals surface area contributed by atoms with E-state index < -0.39 is 43.1 Å². The van der Waals surface area contributed by atoms with E-state index in [-0.39, 0.29) is 11.4 Å². The Balaban J connectivity index is 2.47. The average Bonchev–Trinajstić information content (AvgIpc) is 2.49. The molecule has 0 bridgehead atoms. The quantitative estimate of drug-likeness (QED) is 0.619. The van der Waals surface area contributed by atoms with Crippen LogP contribution in [0.15, 0.2) is 41.3 Å². The Morgan fingerprint density at radius 2 is 1.84 bits per heavy atom. The summed E-state index contributed by atoms with van der Waals surface area (Å²) in [6, 6.07) is 5.45. The van der Waals surface area contributed by atoms with Crippen molar-refractivity contribution in [1.29, 1.82) is 0 Å². The van der Waals surface area contributed by atoms with E-state index in [4.69, 9.17) is 0 Å². The molecule has 0 aliphatic carbocycles. The first-order valence-electron chi connectivity index (χ1n) is 6.64. The lowest BCUT2D eigenvalue weighted by Gasteiger charge is -2.11. The maximum atomic E-state index is 13.9. The molecule has 0 spiro atoms. The third-order valence-corrected chi connectivity index (χ3v) is 4.39. The standard InChI is InChI=1S/C14H11F2N3O5S/c1-8(20)17-12-7-9(5-6-10(12)15)18-25(23,24)14-11(16)3-2-4-13(14)19(21)22/h2-7,18H,1H3,(H,17,20). The molecule has 0 heterocycles. The molecule has 0 saturated heterocycles. The zero-order valence-corrected chi connectivity index (χ0v) is 13.4. The highest BCUT2D eigenvalue weighted by molar-refractivity contribution is 7.92. The summed E-state index contributed by atoms with van der Waals surface area (Å²) >= 11 is 0. The summed E-state index contributed by atoms with van der Waals surface area (Å²) in [6.45, 7) is 1.12. The van der Waals surface area contributed by atoms with Crippen LogP contribution in [0.4, 0.5) is 25.8 Å². The van der Waals surface area contributed by atoms with Crippen LogP contribution < -0.4 is 10.0 Å². The second-order valence-electron chi connectivity index (χ2n) is 4.83. The lowest BCUT2D eigenvalue weighted by molar-refractivity contribution is -0.388. The van der Waals surface area contributed by atoms with Gasteiger partial charge in [0.2, 0.25) is 10.8 Å². The van der Waals surface area contributed by atoms with Gasteiger partial charge in [-0.1, -0.05) is 6.07 Å². The minimum absolute atomic E-state index is 0.220. The number of benzene rings is 2. The second-order valence-corrected chi connectivity index (χ2v) is 6.45. The van der Waals surface area contributed by atoms with Crippen molar-refractivity contribution in [3.63, 3.8) is 0 Å². The topological polar surface area (TPSA) is 118 Å². The van der Waals surface area contributed by atoms with Crippen LogP contribution in [0.1, 0.15) is 6.92 Å². The molecule has 0 aliphatic rings. The van der Waals surface area contributed by atoms with Gasteiger partial charge in [-0.3, -0.25) is 19.6 Å². The van der Waals surface area contributed by atoms with Crippen LogP contribution in [0.5, 0.6) is 0 Å². The van der Waals surface area contributed by atoms with Crippen LogP contribution in [-0.4, -0.2) is 19.2 Å². The number of anilines is 2. The minimum atomic E-state index is -4.68. The second kappa shape index (κ2) is 6.81. The lowest BCUT2D eigenvalue weighted by atomic mass is 10.2. The van der Waals surface area contributed by atoms with Crippen LogP contribution in [-0.2, 0) is 14.8 Å². The van der Waals surface area contributed by atoms with Crippen molar-refractivity contribution in [2.45, 2.75) is 11.8 Å². The number of carbonyl (C=O) groups is 1. The molecule has 2 aromatic carbocycles. The predicted molar refractivity (Wildman–Crippen MR) is 84.6 cm³/mol. The number of amides is 1. The molecule has 0 fully saturated rings. The van der Waals surface area contributed by atoms with E-state index >= 15 is 0 Å². The highest BCUT2D eigenvalue weighted by Gasteiger charge is 2.30. The van der Waals surface area contributed by atoms with E-state index in [1.807, 2.05) is 4.72 Å². The Morgan fingerprint density at radius 1 is 1.16 bits per heavy atom. The third kappa shape index (κ3) is 4.07. The van der Waals surface area contributed by atoms with Crippen molar-refractivity contribution in [2.75, 3.05) is 10.0 Å². The Morgan fingerprint density at radius 3 is 2.44 bits per heavy atom. The molecule has 0 aromatic heterocycles. The molecule has 2 rings (SSSR count). The van der Waals surface area contributed by atoms with E-state index in [0.29, 0.717) is 0 Å². The highest BCUT2D eigenvalue weighted by atomic mass is 32.2. The molecule has 0 radical (unpaired) electrons. The van der Waals surface area contributed by atoms with Gasteiger partial charge in [0.15, 0.2) is 5.82 Å². The summed E-state index contributed by atoms with van der Waals surface area (Å²) in [5.41, 5.74) is -1.48. The lowest BCUT2D eigenvalue weighted by Crippen LogP contribution is -2.17. The van der Waals surface area contributed by atoms with Gasteiger partial charge in [0, 0.05) is 13.0 Å². The number of rotatable bonds is 5. The van der Waals surface area contributed by atoms with Gasteiger partial charge in [0.1, 0.15) is 5.82 Å². The average molecular weight is 371 g/mol. The van der Waals surface area contributed by atoms with Crippen molar-refractivity contribution in [3.05, 3.63) is 58.1 Å². The van der Waals surface area contributed by atoms with E-state index in [1.165, 1.54) is 0 Å². The normalized spacial score (nSPS) is 11.0. The van der Waals surface area contributed by atoms with E-state index in [1.54, 1.807) is 0 Å². The largest absolute Gasteiger partial charge is 0.324 e. The Bertz CT molecular complexity index is 963. The number of hydrogen-bond acceptors (Lipinski definition) is 5. The summed E-state index contributed by atoms with van der Waals surface area (Å²) in [7, 11) is -4.68. The van der Waals surface area contributed by atoms with Crippen LogP contribution in [0.25, 0.3) is 0 Å². The van der Waals surface area contributed by atoms with Gasteiger partial charge in [0.05, 0.1) is 16.3 Å².